The second kappa shape index (κ2) is 5.69. The van der Waals surface area contributed by atoms with Crippen molar-refractivity contribution in [2.24, 2.45) is 0 Å². The molecule has 0 radical (unpaired) electrons. The van der Waals surface area contributed by atoms with Crippen LogP contribution in [0.5, 0.6) is 5.75 Å². The van der Waals surface area contributed by atoms with Crippen LogP contribution in [-0.4, -0.2) is 33.4 Å². The Hall–Kier alpha value is -1.81. The Morgan fingerprint density at radius 1 is 1.33 bits per heavy atom. The summed E-state index contributed by atoms with van der Waals surface area (Å²) in [4.78, 5) is 11.7. The predicted octanol–water partition coefficient (Wildman–Crippen LogP) is 2.04. The van der Waals surface area contributed by atoms with Crippen molar-refractivity contribution in [3.05, 3.63) is 35.4 Å². The van der Waals surface area contributed by atoms with Crippen LogP contribution in [0.4, 0.5) is 0 Å². The van der Waals surface area contributed by atoms with Crippen LogP contribution in [0.2, 0.25) is 0 Å². The Bertz CT molecular complexity index is 476. The highest BCUT2D eigenvalue weighted by Crippen LogP contribution is 2.29. The summed E-state index contributed by atoms with van der Waals surface area (Å²) in [7, 11) is 3.01. The van der Waals surface area contributed by atoms with Gasteiger partial charge in [-0.15, -0.1) is 0 Å². The van der Waals surface area contributed by atoms with Crippen LogP contribution in [0, 0.1) is 0 Å². The Kier molecular flexibility index (Phi) is 3.99. The second-order valence-electron chi connectivity index (χ2n) is 3.98. The summed E-state index contributed by atoms with van der Waals surface area (Å²) in [6.07, 6.45) is 0.706. The van der Waals surface area contributed by atoms with E-state index in [-0.39, 0.29) is 5.97 Å². The quantitative estimate of drug-likeness (QED) is 0.768. The summed E-state index contributed by atoms with van der Waals surface area (Å²) in [5.41, 5.74) is 2.56. The molecule has 1 aliphatic heterocycles. The lowest BCUT2D eigenvalue weighted by atomic mass is 9.96. The van der Waals surface area contributed by atoms with E-state index >= 15 is 0 Å². The molecular formula is C14H16O4. The molecule has 1 aliphatic rings. The molecule has 0 saturated carbocycles. The minimum absolute atomic E-state index is 0.305. The van der Waals surface area contributed by atoms with Crippen molar-refractivity contribution in [3.63, 3.8) is 0 Å². The molecule has 0 fully saturated rings. The van der Waals surface area contributed by atoms with Gasteiger partial charge in [0.05, 0.1) is 33.0 Å². The number of methoxy groups -OCH3 is 2. The highest BCUT2D eigenvalue weighted by Gasteiger charge is 2.21. The van der Waals surface area contributed by atoms with Gasteiger partial charge in [-0.2, -0.15) is 0 Å². The fraction of sp³-hybridized carbons (Fsp3) is 0.357. The lowest BCUT2D eigenvalue weighted by Crippen LogP contribution is -2.18. The first-order valence-corrected chi connectivity index (χ1v) is 5.78. The van der Waals surface area contributed by atoms with E-state index in [9.17, 15) is 4.79 Å². The van der Waals surface area contributed by atoms with E-state index in [4.69, 9.17) is 14.2 Å². The van der Waals surface area contributed by atoms with Crippen molar-refractivity contribution in [1.29, 1.82) is 0 Å². The number of hydrogen-bond acceptors (Lipinski definition) is 4. The standard InChI is InChI=1S/C14H16O4/c1-16-11-5-3-4-10(8-11)12-6-7-18-9-13(12)14(15)17-2/h3-5,8H,6-7,9H2,1-2H3. The summed E-state index contributed by atoms with van der Waals surface area (Å²) < 4.78 is 15.3. The molecule has 0 N–H and O–H groups in total. The van der Waals surface area contributed by atoms with Gasteiger partial charge in [-0.3, -0.25) is 0 Å². The van der Waals surface area contributed by atoms with Gasteiger partial charge in [0, 0.05) is 0 Å². The summed E-state index contributed by atoms with van der Waals surface area (Å²) in [5, 5.41) is 0. The van der Waals surface area contributed by atoms with Crippen LogP contribution in [0.1, 0.15) is 12.0 Å². The molecule has 0 bridgehead atoms. The molecule has 1 aromatic carbocycles. The summed E-state index contributed by atoms with van der Waals surface area (Å²) in [6.45, 7) is 0.923. The van der Waals surface area contributed by atoms with Gasteiger partial charge in [-0.25, -0.2) is 4.79 Å². The number of benzene rings is 1. The van der Waals surface area contributed by atoms with Crippen molar-refractivity contribution < 1.29 is 19.0 Å². The zero-order valence-corrected chi connectivity index (χ0v) is 10.6. The van der Waals surface area contributed by atoms with Crippen molar-refractivity contribution in [2.75, 3.05) is 27.4 Å². The van der Waals surface area contributed by atoms with Crippen molar-refractivity contribution in [3.8, 4) is 5.75 Å². The largest absolute Gasteiger partial charge is 0.497 e. The van der Waals surface area contributed by atoms with Crippen LogP contribution in [0.25, 0.3) is 5.57 Å². The van der Waals surface area contributed by atoms with Gasteiger partial charge in [0.15, 0.2) is 0 Å². The maximum Gasteiger partial charge on any atom is 0.336 e. The lowest BCUT2D eigenvalue weighted by Gasteiger charge is -2.19. The zero-order valence-electron chi connectivity index (χ0n) is 10.6. The molecular weight excluding hydrogens is 232 g/mol. The molecule has 4 nitrogen and oxygen atoms in total. The summed E-state index contributed by atoms with van der Waals surface area (Å²) >= 11 is 0. The topological polar surface area (TPSA) is 44.8 Å². The first-order valence-electron chi connectivity index (χ1n) is 5.78. The number of esters is 1. The molecule has 0 aromatic heterocycles. The molecule has 0 unspecified atom stereocenters. The number of carbonyl (C=O) groups is 1. The fourth-order valence-corrected chi connectivity index (χ4v) is 2.02. The molecule has 0 aliphatic carbocycles. The van der Waals surface area contributed by atoms with Crippen LogP contribution in [0.15, 0.2) is 29.8 Å². The third-order valence-corrected chi connectivity index (χ3v) is 2.96. The van der Waals surface area contributed by atoms with Crippen molar-refractivity contribution in [2.45, 2.75) is 6.42 Å². The minimum atomic E-state index is -0.326. The highest BCUT2D eigenvalue weighted by atomic mass is 16.5. The molecule has 1 aromatic rings. The van der Waals surface area contributed by atoms with Crippen LogP contribution in [-0.2, 0) is 14.3 Å². The second-order valence-corrected chi connectivity index (χ2v) is 3.98. The van der Waals surface area contributed by atoms with E-state index in [1.807, 2.05) is 24.3 Å². The van der Waals surface area contributed by atoms with Crippen LogP contribution < -0.4 is 4.74 Å². The maximum absolute atomic E-state index is 11.7. The van der Waals surface area contributed by atoms with E-state index in [0.29, 0.717) is 25.2 Å². The van der Waals surface area contributed by atoms with Gasteiger partial charge in [-0.1, -0.05) is 12.1 Å². The lowest BCUT2D eigenvalue weighted by molar-refractivity contribution is -0.136. The van der Waals surface area contributed by atoms with E-state index in [1.54, 1.807) is 7.11 Å². The summed E-state index contributed by atoms with van der Waals surface area (Å²) in [6, 6.07) is 7.67. The molecule has 96 valence electrons. The Balaban J connectivity index is 2.43. The van der Waals surface area contributed by atoms with Gasteiger partial charge in [0.2, 0.25) is 0 Å². The monoisotopic (exact) mass is 248 g/mol. The molecule has 0 amide bonds. The van der Waals surface area contributed by atoms with Crippen molar-refractivity contribution >= 4 is 11.5 Å². The Labute approximate surface area is 106 Å². The SMILES string of the molecule is COC(=O)C1=C(c2cccc(OC)c2)CCOC1. The molecule has 0 atom stereocenters. The average molecular weight is 248 g/mol. The molecule has 0 spiro atoms. The molecule has 2 rings (SSSR count). The number of ether oxygens (including phenoxy) is 3. The maximum atomic E-state index is 11.7. The van der Waals surface area contributed by atoms with Gasteiger partial charge in [-0.05, 0) is 29.7 Å². The molecule has 1 heterocycles. The van der Waals surface area contributed by atoms with Crippen LogP contribution >= 0.6 is 0 Å². The smallest absolute Gasteiger partial charge is 0.336 e. The fourth-order valence-electron chi connectivity index (χ4n) is 2.02. The van der Waals surface area contributed by atoms with Gasteiger partial charge in [0.25, 0.3) is 0 Å². The van der Waals surface area contributed by atoms with Gasteiger partial charge in [0.1, 0.15) is 5.75 Å². The highest BCUT2D eigenvalue weighted by molar-refractivity contribution is 5.98. The normalized spacial score (nSPS) is 15.4. The number of hydrogen-bond donors (Lipinski definition) is 0. The number of carbonyl (C=O) groups excluding carboxylic acids is 1. The first kappa shape index (κ1) is 12.6. The Morgan fingerprint density at radius 2 is 2.17 bits per heavy atom. The van der Waals surface area contributed by atoms with E-state index < -0.39 is 0 Å². The molecule has 4 heteroatoms. The number of rotatable bonds is 3. The van der Waals surface area contributed by atoms with E-state index in [2.05, 4.69) is 0 Å². The van der Waals surface area contributed by atoms with Crippen molar-refractivity contribution in [1.82, 2.24) is 0 Å². The van der Waals surface area contributed by atoms with Gasteiger partial charge < -0.3 is 14.2 Å². The van der Waals surface area contributed by atoms with Crippen LogP contribution in [0.3, 0.4) is 0 Å². The zero-order chi connectivity index (χ0) is 13.0. The van der Waals surface area contributed by atoms with E-state index in [0.717, 1.165) is 16.9 Å². The minimum Gasteiger partial charge on any atom is -0.497 e. The average Bonchev–Trinajstić information content (AvgIpc) is 2.46. The van der Waals surface area contributed by atoms with E-state index in [1.165, 1.54) is 7.11 Å². The first-order chi connectivity index (χ1) is 8.76. The predicted molar refractivity (Wildman–Crippen MR) is 67.4 cm³/mol. The molecule has 18 heavy (non-hydrogen) atoms. The van der Waals surface area contributed by atoms with Gasteiger partial charge >= 0.3 is 5.97 Å². The summed E-state index contributed by atoms with van der Waals surface area (Å²) in [5.74, 6) is 0.447. The molecule has 0 saturated heterocycles. The third kappa shape index (κ3) is 2.54. The third-order valence-electron chi connectivity index (χ3n) is 2.96. The Morgan fingerprint density at radius 3 is 2.89 bits per heavy atom.